The summed E-state index contributed by atoms with van der Waals surface area (Å²) in [5.74, 6) is 0. The molecular weight excluding hydrogens is 1090 g/mol. The summed E-state index contributed by atoms with van der Waals surface area (Å²) >= 11 is 0. The van der Waals surface area contributed by atoms with Gasteiger partial charge in [0.05, 0.1) is 11.2 Å². The van der Waals surface area contributed by atoms with Gasteiger partial charge >= 0.3 is 0 Å². The van der Waals surface area contributed by atoms with E-state index in [1.165, 1.54) is 153 Å². The summed E-state index contributed by atoms with van der Waals surface area (Å²) in [4.78, 5) is 8.39. The number of benzene rings is 9. The lowest BCUT2D eigenvalue weighted by atomic mass is 9.33. The summed E-state index contributed by atoms with van der Waals surface area (Å²) in [6, 6.07) is 72.8. The number of fused-ring (bicyclic) bond motifs is 9. The summed E-state index contributed by atoms with van der Waals surface area (Å²) in [7, 11) is 0. The van der Waals surface area contributed by atoms with E-state index in [1.807, 2.05) is 0 Å². The minimum Gasteiger partial charge on any atom is -0.334 e. The van der Waals surface area contributed by atoms with Gasteiger partial charge in [0.1, 0.15) is 0 Å². The van der Waals surface area contributed by atoms with Gasteiger partial charge in [0, 0.05) is 50.8 Å². The van der Waals surface area contributed by atoms with E-state index in [4.69, 9.17) is 0 Å². The Bertz CT molecular complexity index is 4380. The summed E-state index contributed by atoms with van der Waals surface area (Å²) in [5, 5.41) is 0. The van der Waals surface area contributed by atoms with E-state index in [2.05, 4.69) is 307 Å². The fraction of sp³-hybridized carbons (Fsp3) is 0.372. The van der Waals surface area contributed by atoms with Crippen molar-refractivity contribution in [3.8, 4) is 33.4 Å². The highest BCUT2D eigenvalue weighted by molar-refractivity contribution is 7.00. The van der Waals surface area contributed by atoms with Crippen molar-refractivity contribution in [1.82, 2.24) is 0 Å². The molecule has 0 N–H and O–H groups in total. The van der Waals surface area contributed by atoms with Gasteiger partial charge in [-0.3, -0.25) is 0 Å². The molecule has 0 saturated heterocycles. The Balaban J connectivity index is 1.08. The van der Waals surface area contributed by atoms with Crippen molar-refractivity contribution >= 4 is 68.6 Å². The molecule has 1 fully saturated rings. The van der Waals surface area contributed by atoms with Crippen LogP contribution < -0.4 is 31.1 Å². The van der Waals surface area contributed by atoms with Crippen molar-refractivity contribution in [3.05, 3.63) is 221 Å². The predicted molar refractivity (Wildman–Crippen MR) is 388 cm³/mol. The Morgan fingerprint density at radius 2 is 0.833 bits per heavy atom. The molecule has 15 rings (SSSR count). The highest BCUT2D eigenvalue weighted by atomic mass is 15.3. The van der Waals surface area contributed by atoms with Crippen LogP contribution in [0.25, 0.3) is 33.4 Å². The highest BCUT2D eigenvalue weighted by Crippen LogP contribution is 2.63. The van der Waals surface area contributed by atoms with Gasteiger partial charge in [-0.25, -0.2) is 0 Å². The zero-order valence-electron chi connectivity index (χ0n) is 56.9. The molecule has 90 heavy (non-hydrogen) atoms. The maximum atomic E-state index is 2.87. The molecule has 456 valence electrons. The minimum atomic E-state index is -0.221. The van der Waals surface area contributed by atoms with Crippen LogP contribution in [0.1, 0.15) is 201 Å². The van der Waals surface area contributed by atoms with Gasteiger partial charge in [0.25, 0.3) is 6.71 Å². The third-order valence-corrected chi connectivity index (χ3v) is 23.9. The largest absolute Gasteiger partial charge is 0.334 e. The standard InChI is InChI=1S/C86H94BN3/c1-79(2,3)60-33-29-56(30-34-60)58-31-38-73-69(47-58)85(15)41-23-24-42-86(85,16)90(73)63-51-76-78-77(52-63)89(72-40-35-61(80(4,5)6)49-64(72)57-27-21-18-22-28-57)74-39-32-59(55-25-19-17-20-26-55)48-70(74)87(78)71-53-67-68(84(13,14)46-45-83(67,11)12)54-75(71)88(76)62-36-37-65-66(50-62)82(9,10)44-43-81(65,7)8/h17-22,25-40,47-54H,23-24,41-46H2,1-16H3. The van der Waals surface area contributed by atoms with Crippen molar-refractivity contribution < 1.29 is 0 Å². The minimum absolute atomic E-state index is 0.00507. The van der Waals surface area contributed by atoms with E-state index < -0.39 is 0 Å². The van der Waals surface area contributed by atoms with Crippen molar-refractivity contribution in [1.29, 1.82) is 0 Å². The van der Waals surface area contributed by atoms with Gasteiger partial charge in [-0.15, -0.1) is 0 Å². The van der Waals surface area contributed by atoms with Crippen LogP contribution >= 0.6 is 0 Å². The summed E-state index contributed by atoms with van der Waals surface area (Å²) in [6.45, 7) is 39.2. The van der Waals surface area contributed by atoms with Crippen LogP contribution in [0.15, 0.2) is 182 Å². The smallest absolute Gasteiger partial charge is 0.252 e. The van der Waals surface area contributed by atoms with Crippen LogP contribution in [0.3, 0.4) is 0 Å². The van der Waals surface area contributed by atoms with Crippen LogP contribution in [0.4, 0.5) is 45.5 Å². The van der Waals surface area contributed by atoms with Crippen molar-refractivity contribution in [3.63, 3.8) is 0 Å². The maximum absolute atomic E-state index is 2.87. The monoisotopic (exact) mass is 1180 g/mol. The van der Waals surface area contributed by atoms with Crippen LogP contribution in [0.2, 0.25) is 0 Å². The first-order valence-corrected chi connectivity index (χ1v) is 34.2. The molecule has 3 aliphatic carbocycles. The molecule has 3 heterocycles. The lowest BCUT2D eigenvalue weighted by molar-refractivity contribution is 0.195. The van der Waals surface area contributed by atoms with E-state index >= 15 is 0 Å². The Labute approximate surface area is 540 Å². The van der Waals surface area contributed by atoms with E-state index in [1.54, 1.807) is 0 Å². The molecule has 0 spiro atoms. The van der Waals surface area contributed by atoms with Gasteiger partial charge in [-0.2, -0.15) is 0 Å². The lowest BCUT2D eigenvalue weighted by Gasteiger charge is -2.51. The van der Waals surface area contributed by atoms with Crippen molar-refractivity contribution in [2.24, 2.45) is 0 Å². The number of nitrogens with zero attached hydrogens (tertiary/aromatic N) is 3. The van der Waals surface area contributed by atoms with E-state index in [-0.39, 0.29) is 50.2 Å². The van der Waals surface area contributed by atoms with Gasteiger partial charge in [-0.05, 0) is 222 Å². The zero-order valence-corrected chi connectivity index (χ0v) is 56.9. The highest BCUT2D eigenvalue weighted by Gasteiger charge is 2.58. The average molecular weight is 1180 g/mol. The van der Waals surface area contributed by atoms with Gasteiger partial charge in [0.15, 0.2) is 0 Å². The third-order valence-electron chi connectivity index (χ3n) is 23.9. The molecule has 3 aliphatic heterocycles. The van der Waals surface area contributed by atoms with E-state index in [0.717, 1.165) is 32.1 Å². The lowest BCUT2D eigenvalue weighted by Crippen LogP contribution is -2.62. The normalized spacial score (nSPS) is 21.3. The number of rotatable bonds is 6. The average Bonchev–Trinajstić information content (AvgIpc) is 1.04. The first-order valence-electron chi connectivity index (χ1n) is 34.2. The SMILES string of the molecule is CC(C)(C)c1ccc(-c2ccc3c(c2)C2(C)CCCCC2(C)N3c2cc3c4c(c2)N(c2ccc(C(C)(C)C)cc2-c2ccccc2)c2ccc(-c5ccccc5)cc2B4c2cc4c(cc2N3c2ccc3c(c2)C(C)(C)CCC3(C)C)C(C)(C)CCC4(C)C)cc1. The molecule has 0 radical (unpaired) electrons. The van der Waals surface area contributed by atoms with Crippen LogP contribution in [-0.4, -0.2) is 12.3 Å². The second-order valence-electron chi connectivity index (χ2n) is 33.4. The van der Waals surface area contributed by atoms with Gasteiger partial charge in [0.2, 0.25) is 0 Å². The third kappa shape index (κ3) is 8.93. The molecule has 4 heteroatoms. The molecular formula is C86H94BN3. The summed E-state index contributed by atoms with van der Waals surface area (Å²) in [6.07, 6.45) is 9.28. The summed E-state index contributed by atoms with van der Waals surface area (Å²) < 4.78 is 0. The number of hydrogen-bond acceptors (Lipinski definition) is 3. The van der Waals surface area contributed by atoms with Gasteiger partial charge < -0.3 is 14.7 Å². The fourth-order valence-electron chi connectivity index (χ4n) is 17.8. The maximum Gasteiger partial charge on any atom is 0.252 e. The molecule has 0 aromatic heterocycles. The Morgan fingerprint density at radius 1 is 0.333 bits per heavy atom. The van der Waals surface area contributed by atoms with Crippen LogP contribution in [0, 0.1) is 0 Å². The van der Waals surface area contributed by atoms with Crippen LogP contribution in [-0.2, 0) is 37.9 Å². The molecule has 1 saturated carbocycles. The molecule has 3 nitrogen and oxygen atoms in total. The first-order chi connectivity index (χ1) is 42.6. The number of hydrogen-bond donors (Lipinski definition) is 0. The fourth-order valence-corrected chi connectivity index (χ4v) is 17.8. The zero-order chi connectivity index (χ0) is 63.0. The Morgan fingerprint density at radius 3 is 1.47 bits per heavy atom. The van der Waals surface area contributed by atoms with Crippen molar-refractivity contribution in [2.45, 2.75) is 206 Å². The molecule has 0 bridgehead atoms. The second kappa shape index (κ2) is 20.0. The van der Waals surface area contributed by atoms with E-state index in [9.17, 15) is 0 Å². The Hall–Kier alpha value is -7.56. The predicted octanol–water partition coefficient (Wildman–Crippen LogP) is 21.8. The molecule has 2 unspecified atom stereocenters. The van der Waals surface area contributed by atoms with E-state index in [0.29, 0.717) is 0 Å². The summed E-state index contributed by atoms with van der Waals surface area (Å²) in [5.41, 5.74) is 31.7. The molecule has 9 aromatic rings. The quantitative estimate of drug-likeness (QED) is 0.154. The molecule has 6 aliphatic rings. The number of anilines is 8. The first kappa shape index (κ1) is 58.8. The molecule has 0 amide bonds. The van der Waals surface area contributed by atoms with Gasteiger partial charge in [-0.1, -0.05) is 238 Å². The Kier molecular flexibility index (Phi) is 13.0. The molecule has 2 atom stereocenters. The molecule has 9 aromatic carbocycles. The second-order valence-corrected chi connectivity index (χ2v) is 33.4. The van der Waals surface area contributed by atoms with Crippen LogP contribution in [0.5, 0.6) is 0 Å². The van der Waals surface area contributed by atoms with Crippen molar-refractivity contribution in [2.75, 3.05) is 14.7 Å². The topological polar surface area (TPSA) is 9.72 Å².